The highest BCUT2D eigenvalue weighted by Gasteiger charge is 2.57. The lowest BCUT2D eigenvalue weighted by Crippen LogP contribution is -2.44. The van der Waals surface area contributed by atoms with Gasteiger partial charge in [0.15, 0.2) is 0 Å². The van der Waals surface area contributed by atoms with E-state index in [4.69, 9.17) is 0 Å². The van der Waals surface area contributed by atoms with Crippen molar-refractivity contribution in [3.63, 3.8) is 0 Å². The highest BCUT2D eigenvalue weighted by atomic mass is 32.1. The van der Waals surface area contributed by atoms with Crippen LogP contribution in [0.3, 0.4) is 0 Å². The molecule has 2 aliphatic rings. The van der Waals surface area contributed by atoms with Crippen molar-refractivity contribution in [1.82, 2.24) is 14.8 Å². The third-order valence-corrected chi connectivity index (χ3v) is 7.10. The Balaban J connectivity index is 1.68. The topological polar surface area (TPSA) is 70.6 Å². The molecule has 2 aromatic rings. The number of thiazole rings is 1. The van der Waals surface area contributed by atoms with Crippen LogP contribution < -0.4 is 0 Å². The summed E-state index contributed by atoms with van der Waals surface area (Å²) in [5, 5.41) is 2.73. The monoisotopic (exact) mass is 411 g/mol. The van der Waals surface area contributed by atoms with Gasteiger partial charge in [-0.05, 0) is 37.8 Å². The molecule has 1 aromatic heterocycles. The van der Waals surface area contributed by atoms with Gasteiger partial charge in [-0.2, -0.15) is 0 Å². The molecule has 29 heavy (non-hydrogen) atoms. The number of amides is 3. The molecule has 1 aliphatic heterocycles. The van der Waals surface area contributed by atoms with Gasteiger partial charge < -0.3 is 4.90 Å². The fourth-order valence-corrected chi connectivity index (χ4v) is 4.96. The van der Waals surface area contributed by atoms with E-state index in [1.165, 1.54) is 16.2 Å². The van der Waals surface area contributed by atoms with Gasteiger partial charge >= 0.3 is 0 Å². The molecule has 2 fully saturated rings. The van der Waals surface area contributed by atoms with Crippen molar-refractivity contribution < 1.29 is 14.4 Å². The van der Waals surface area contributed by atoms with Crippen molar-refractivity contribution in [3.8, 4) is 0 Å². The molecular formula is C22H25N3O3S. The van der Waals surface area contributed by atoms with Crippen LogP contribution in [0.4, 0.5) is 0 Å². The Morgan fingerprint density at radius 3 is 2.69 bits per heavy atom. The van der Waals surface area contributed by atoms with Crippen LogP contribution in [0.5, 0.6) is 0 Å². The normalized spacial score (nSPS) is 22.8. The van der Waals surface area contributed by atoms with E-state index in [2.05, 4.69) is 4.98 Å². The van der Waals surface area contributed by atoms with E-state index in [-0.39, 0.29) is 42.6 Å². The van der Waals surface area contributed by atoms with Crippen molar-refractivity contribution in [3.05, 3.63) is 52.0 Å². The van der Waals surface area contributed by atoms with E-state index >= 15 is 0 Å². The lowest BCUT2D eigenvalue weighted by atomic mass is 9.74. The zero-order chi connectivity index (χ0) is 20.8. The van der Waals surface area contributed by atoms with Gasteiger partial charge in [0.2, 0.25) is 17.7 Å². The summed E-state index contributed by atoms with van der Waals surface area (Å²) in [5.74, 6) is -0.540. The van der Waals surface area contributed by atoms with Crippen molar-refractivity contribution in [2.75, 3.05) is 7.05 Å². The number of hydrogen-bond donors (Lipinski definition) is 0. The second-order valence-electron chi connectivity index (χ2n) is 8.10. The van der Waals surface area contributed by atoms with Crippen LogP contribution in [-0.2, 0) is 19.8 Å². The molecule has 0 radical (unpaired) electrons. The Morgan fingerprint density at radius 1 is 1.34 bits per heavy atom. The summed E-state index contributed by atoms with van der Waals surface area (Å²) in [6, 6.07) is 7.40. The van der Waals surface area contributed by atoms with Gasteiger partial charge in [0, 0.05) is 37.5 Å². The minimum atomic E-state index is -1.13. The molecule has 0 spiro atoms. The Hall–Kier alpha value is -2.54. The third-order valence-electron chi connectivity index (χ3n) is 6.16. The number of hydrogen-bond acceptors (Lipinski definition) is 5. The molecule has 2 atom stereocenters. The Kier molecular flexibility index (Phi) is 5.02. The molecule has 2 heterocycles. The average Bonchev–Trinajstić information content (AvgIpc) is 3.30. The molecule has 7 heteroatoms. The van der Waals surface area contributed by atoms with E-state index in [9.17, 15) is 14.4 Å². The zero-order valence-electron chi connectivity index (χ0n) is 16.9. The van der Waals surface area contributed by atoms with Crippen LogP contribution in [0.15, 0.2) is 35.8 Å². The average molecular weight is 412 g/mol. The molecule has 3 amide bonds. The summed E-state index contributed by atoms with van der Waals surface area (Å²) in [7, 11) is 1.74. The summed E-state index contributed by atoms with van der Waals surface area (Å²) in [4.78, 5) is 47.0. The number of nitrogens with zero attached hydrogens (tertiary/aromatic N) is 3. The van der Waals surface area contributed by atoms with Crippen LogP contribution in [0.2, 0.25) is 0 Å². The number of aromatic nitrogens is 1. The number of likely N-dealkylation sites (tertiary alicyclic amines) is 1. The first-order chi connectivity index (χ1) is 13.8. The summed E-state index contributed by atoms with van der Waals surface area (Å²) in [5.41, 5.74) is 0.582. The minimum Gasteiger partial charge on any atom is -0.337 e. The first-order valence-corrected chi connectivity index (χ1v) is 10.8. The van der Waals surface area contributed by atoms with Crippen LogP contribution in [-0.4, -0.2) is 45.6 Å². The quantitative estimate of drug-likeness (QED) is 0.685. The predicted molar refractivity (Wildman–Crippen MR) is 110 cm³/mol. The van der Waals surface area contributed by atoms with Crippen molar-refractivity contribution >= 4 is 29.1 Å². The molecule has 0 N–H and O–H groups in total. The lowest BCUT2D eigenvalue weighted by Gasteiger charge is -2.32. The maximum absolute atomic E-state index is 13.6. The van der Waals surface area contributed by atoms with Gasteiger partial charge in [-0.25, -0.2) is 4.98 Å². The number of benzene rings is 1. The van der Waals surface area contributed by atoms with Crippen molar-refractivity contribution in [2.24, 2.45) is 0 Å². The maximum atomic E-state index is 13.6. The van der Waals surface area contributed by atoms with Crippen LogP contribution in [0.1, 0.15) is 54.8 Å². The largest absolute Gasteiger partial charge is 0.337 e. The Morgan fingerprint density at radius 2 is 2.07 bits per heavy atom. The van der Waals surface area contributed by atoms with Gasteiger partial charge in [0.25, 0.3) is 0 Å². The highest BCUT2D eigenvalue weighted by molar-refractivity contribution is 7.09. The number of imide groups is 1. The number of rotatable bonds is 6. The van der Waals surface area contributed by atoms with Crippen molar-refractivity contribution in [2.45, 2.75) is 57.0 Å². The number of carbonyl (C=O) groups excluding carboxylic acids is 3. The standard InChI is InChI=1S/C22H25N3O3S/c1-14-6-4-5-7-17(14)22(13-19(27)25(21(22)28)16-8-9-16)12-18(26)24(3)15(2)20-23-10-11-29-20/h4-7,10-11,15-16H,8-9,12-13H2,1-3H3. The Bertz CT molecular complexity index is 954. The van der Waals surface area contributed by atoms with Gasteiger partial charge in [0.1, 0.15) is 5.01 Å². The van der Waals surface area contributed by atoms with E-state index in [1.807, 2.05) is 43.5 Å². The molecule has 1 saturated carbocycles. The van der Waals surface area contributed by atoms with Gasteiger partial charge in [-0.3, -0.25) is 19.3 Å². The predicted octanol–water partition coefficient (Wildman–Crippen LogP) is 3.22. The summed E-state index contributed by atoms with van der Waals surface area (Å²) < 4.78 is 0. The first kappa shape index (κ1) is 19.8. The van der Waals surface area contributed by atoms with Gasteiger partial charge in [-0.15, -0.1) is 11.3 Å². The molecule has 1 saturated heterocycles. The fraction of sp³-hybridized carbons (Fsp3) is 0.455. The summed E-state index contributed by atoms with van der Waals surface area (Å²) in [6.45, 7) is 3.86. The van der Waals surface area contributed by atoms with E-state index < -0.39 is 5.41 Å². The second-order valence-corrected chi connectivity index (χ2v) is 9.03. The fourth-order valence-electron chi connectivity index (χ4n) is 4.22. The zero-order valence-corrected chi connectivity index (χ0v) is 17.7. The molecule has 6 nitrogen and oxygen atoms in total. The smallest absolute Gasteiger partial charge is 0.241 e. The number of carbonyl (C=O) groups is 3. The lowest BCUT2D eigenvalue weighted by molar-refractivity contribution is -0.143. The first-order valence-electron chi connectivity index (χ1n) is 9.93. The Labute approximate surface area is 174 Å². The van der Waals surface area contributed by atoms with Crippen molar-refractivity contribution in [1.29, 1.82) is 0 Å². The molecule has 1 aromatic carbocycles. The SMILES string of the molecule is Cc1ccccc1C1(CC(=O)N(C)C(C)c2nccs2)CC(=O)N(C2CC2)C1=O. The summed E-state index contributed by atoms with van der Waals surface area (Å²) in [6.07, 6.45) is 3.47. The molecule has 4 rings (SSSR count). The third kappa shape index (κ3) is 3.37. The van der Waals surface area contributed by atoms with Crippen LogP contribution in [0, 0.1) is 6.92 Å². The molecule has 2 unspecified atom stereocenters. The highest BCUT2D eigenvalue weighted by Crippen LogP contribution is 2.45. The van der Waals surface area contributed by atoms with E-state index in [1.54, 1.807) is 18.1 Å². The molecule has 152 valence electrons. The van der Waals surface area contributed by atoms with Gasteiger partial charge in [0.05, 0.1) is 11.5 Å². The van der Waals surface area contributed by atoms with Gasteiger partial charge in [-0.1, -0.05) is 24.3 Å². The summed E-state index contributed by atoms with van der Waals surface area (Å²) >= 11 is 1.50. The molecule has 0 bridgehead atoms. The number of aryl methyl sites for hydroxylation is 1. The minimum absolute atomic E-state index is 0.00275. The van der Waals surface area contributed by atoms with E-state index in [0.29, 0.717) is 0 Å². The second kappa shape index (κ2) is 7.37. The van der Waals surface area contributed by atoms with Crippen LogP contribution in [0.25, 0.3) is 0 Å². The molecule has 1 aliphatic carbocycles. The maximum Gasteiger partial charge on any atom is 0.241 e. The van der Waals surface area contributed by atoms with E-state index in [0.717, 1.165) is 29.0 Å². The van der Waals surface area contributed by atoms with Crippen LogP contribution >= 0.6 is 11.3 Å². The molecular weight excluding hydrogens is 386 g/mol.